The summed E-state index contributed by atoms with van der Waals surface area (Å²) in [6.07, 6.45) is 1.84. The zero-order valence-electron chi connectivity index (χ0n) is 33.7. The van der Waals surface area contributed by atoms with Crippen LogP contribution in [0.5, 0.6) is 0 Å². The molecule has 9 aromatic carbocycles. The summed E-state index contributed by atoms with van der Waals surface area (Å²) < 4.78 is 4.76. The van der Waals surface area contributed by atoms with Crippen LogP contribution in [0.2, 0.25) is 0 Å². The number of nitrogens with zero attached hydrogens (tertiary/aromatic N) is 4. The van der Waals surface area contributed by atoms with Crippen LogP contribution in [-0.2, 0) is 0 Å². The van der Waals surface area contributed by atoms with Gasteiger partial charge in [0.1, 0.15) is 0 Å². The Morgan fingerprint density at radius 2 is 0.758 bits per heavy atom. The molecule has 0 fully saturated rings. The fourth-order valence-electron chi connectivity index (χ4n) is 9.20. The van der Waals surface area contributed by atoms with Gasteiger partial charge in [0, 0.05) is 50.2 Å². The van der Waals surface area contributed by atoms with E-state index in [1.165, 1.54) is 66.0 Å². The molecule has 0 spiro atoms. The molecule has 0 saturated carbocycles. The molecule has 0 aliphatic rings. The van der Waals surface area contributed by atoms with Crippen LogP contribution in [0.4, 0.5) is 0 Å². The molecule has 0 saturated heterocycles. The van der Waals surface area contributed by atoms with Gasteiger partial charge in [0.05, 0.1) is 27.8 Å². The van der Waals surface area contributed by atoms with Gasteiger partial charge in [-0.1, -0.05) is 140 Å². The maximum atomic E-state index is 4.93. The Kier molecular flexibility index (Phi) is 8.46. The van der Waals surface area contributed by atoms with Crippen molar-refractivity contribution in [1.29, 1.82) is 0 Å². The number of benzene rings is 9. The quantitative estimate of drug-likeness (QED) is 0.161. The molecule has 3 heterocycles. The summed E-state index contributed by atoms with van der Waals surface area (Å²) >= 11 is 0. The molecule has 12 aromatic rings. The lowest BCUT2D eigenvalue weighted by atomic mass is 9.97. The fourth-order valence-corrected chi connectivity index (χ4v) is 9.20. The van der Waals surface area contributed by atoms with Gasteiger partial charge in [-0.15, -0.1) is 0 Å². The highest BCUT2D eigenvalue weighted by atomic mass is 15.0. The average Bonchev–Trinajstić information content (AvgIpc) is 3.86. The molecule has 4 nitrogen and oxygen atoms in total. The molecular weight excluding hydrogens is 753 g/mol. The maximum Gasteiger partial charge on any atom is 0.159 e. The highest BCUT2D eigenvalue weighted by Crippen LogP contribution is 2.39. The molecule has 0 bridgehead atoms. The third-order valence-electron chi connectivity index (χ3n) is 12.2. The Hall–Kier alpha value is -8.34. The molecule has 0 radical (unpaired) electrons. The lowest BCUT2D eigenvalue weighted by Gasteiger charge is -2.11. The van der Waals surface area contributed by atoms with Crippen molar-refractivity contribution >= 4 is 43.6 Å². The second kappa shape index (κ2) is 14.7. The first-order valence-electron chi connectivity index (χ1n) is 21.1. The van der Waals surface area contributed by atoms with E-state index in [2.05, 4.69) is 214 Å². The van der Waals surface area contributed by atoms with Gasteiger partial charge >= 0.3 is 0 Å². The highest BCUT2D eigenvalue weighted by Gasteiger charge is 2.17. The standard InChI is InChI=1S/C58H38N4/c1-4-13-39(14-5-1)46-25-30-50-52-37-45(27-32-56(52)62(57(50)38-46)48-28-23-41(24-29-48)58-59-34-33-53(60-58)40-15-6-2-7-16-40)43-18-12-17-42(35-43)44-26-31-55-51(36-44)49-21-10-11-22-54(49)61(55)47-19-8-3-9-20-47/h1-38H. The summed E-state index contributed by atoms with van der Waals surface area (Å²) in [5, 5.41) is 4.92. The number of aromatic nitrogens is 4. The second-order valence-corrected chi connectivity index (χ2v) is 15.8. The third kappa shape index (κ3) is 6.08. The van der Waals surface area contributed by atoms with Crippen molar-refractivity contribution in [3.8, 4) is 67.4 Å². The minimum Gasteiger partial charge on any atom is -0.309 e. The topological polar surface area (TPSA) is 35.6 Å². The van der Waals surface area contributed by atoms with Crippen molar-refractivity contribution in [3.05, 3.63) is 231 Å². The van der Waals surface area contributed by atoms with Crippen LogP contribution in [-0.4, -0.2) is 19.1 Å². The van der Waals surface area contributed by atoms with Crippen molar-refractivity contribution in [2.75, 3.05) is 0 Å². The number of fused-ring (bicyclic) bond motifs is 6. The molecule has 290 valence electrons. The van der Waals surface area contributed by atoms with Gasteiger partial charge in [0.2, 0.25) is 0 Å². The Morgan fingerprint density at radius 3 is 1.45 bits per heavy atom. The highest BCUT2D eigenvalue weighted by molar-refractivity contribution is 6.12. The first-order chi connectivity index (χ1) is 30.7. The van der Waals surface area contributed by atoms with Gasteiger partial charge in [0.15, 0.2) is 5.82 Å². The molecule has 0 aliphatic carbocycles. The van der Waals surface area contributed by atoms with E-state index in [0.717, 1.165) is 39.2 Å². The first-order valence-corrected chi connectivity index (χ1v) is 21.1. The fraction of sp³-hybridized carbons (Fsp3) is 0. The van der Waals surface area contributed by atoms with E-state index in [4.69, 9.17) is 4.98 Å². The summed E-state index contributed by atoms with van der Waals surface area (Å²) in [7, 11) is 0. The molecule has 0 amide bonds. The van der Waals surface area contributed by atoms with E-state index >= 15 is 0 Å². The maximum absolute atomic E-state index is 4.93. The van der Waals surface area contributed by atoms with Crippen LogP contribution >= 0.6 is 0 Å². The Morgan fingerprint density at radius 1 is 0.274 bits per heavy atom. The number of para-hydroxylation sites is 2. The third-order valence-corrected chi connectivity index (χ3v) is 12.2. The normalized spacial score (nSPS) is 11.5. The van der Waals surface area contributed by atoms with Crippen LogP contribution in [0.3, 0.4) is 0 Å². The van der Waals surface area contributed by atoms with Gasteiger partial charge in [-0.3, -0.25) is 0 Å². The Balaban J connectivity index is 0.956. The average molecular weight is 791 g/mol. The zero-order valence-corrected chi connectivity index (χ0v) is 33.7. The molecular formula is C58H38N4. The summed E-state index contributed by atoms with van der Waals surface area (Å²) in [5.41, 5.74) is 17.0. The van der Waals surface area contributed by atoms with Gasteiger partial charge in [-0.05, 0) is 118 Å². The van der Waals surface area contributed by atoms with Gasteiger partial charge in [-0.25, -0.2) is 9.97 Å². The number of rotatable bonds is 7. The molecule has 62 heavy (non-hydrogen) atoms. The molecule has 0 aliphatic heterocycles. The summed E-state index contributed by atoms with van der Waals surface area (Å²) in [5.74, 6) is 0.706. The SMILES string of the molecule is c1ccc(-c2ccc3c4cc(-c5cccc(-c6ccc7c(c6)c6ccccc6n7-c6ccccc6)c5)ccc4n(-c4ccc(-c5nccc(-c6ccccc6)n5)cc4)c3c2)cc1. The lowest BCUT2D eigenvalue weighted by Crippen LogP contribution is -1.95. The van der Waals surface area contributed by atoms with Crippen LogP contribution < -0.4 is 0 Å². The van der Waals surface area contributed by atoms with Gasteiger partial charge in [-0.2, -0.15) is 0 Å². The predicted molar refractivity (Wildman–Crippen MR) is 258 cm³/mol. The minimum atomic E-state index is 0.706. The lowest BCUT2D eigenvalue weighted by molar-refractivity contribution is 1.16. The molecule has 4 heteroatoms. The van der Waals surface area contributed by atoms with Crippen LogP contribution in [0.25, 0.3) is 111 Å². The smallest absolute Gasteiger partial charge is 0.159 e. The summed E-state index contributed by atoms with van der Waals surface area (Å²) in [6, 6.07) is 80.5. The van der Waals surface area contributed by atoms with Gasteiger partial charge < -0.3 is 9.13 Å². The summed E-state index contributed by atoms with van der Waals surface area (Å²) in [6.45, 7) is 0. The van der Waals surface area contributed by atoms with Crippen LogP contribution in [0.15, 0.2) is 231 Å². The molecule has 0 unspecified atom stereocenters. The van der Waals surface area contributed by atoms with Crippen molar-refractivity contribution in [3.63, 3.8) is 0 Å². The van der Waals surface area contributed by atoms with Crippen molar-refractivity contribution in [2.45, 2.75) is 0 Å². The van der Waals surface area contributed by atoms with E-state index in [0.29, 0.717) is 5.82 Å². The minimum absolute atomic E-state index is 0.706. The van der Waals surface area contributed by atoms with E-state index in [1.807, 2.05) is 30.5 Å². The van der Waals surface area contributed by atoms with Gasteiger partial charge in [0.25, 0.3) is 0 Å². The zero-order chi connectivity index (χ0) is 41.0. The predicted octanol–water partition coefficient (Wildman–Crippen LogP) is 15.0. The van der Waals surface area contributed by atoms with Crippen molar-refractivity contribution in [2.24, 2.45) is 0 Å². The Bertz CT molecular complexity index is 3600. The molecule has 0 atom stereocenters. The van der Waals surface area contributed by atoms with E-state index in [9.17, 15) is 0 Å². The van der Waals surface area contributed by atoms with E-state index in [-0.39, 0.29) is 0 Å². The Labute approximate surface area is 359 Å². The number of hydrogen-bond donors (Lipinski definition) is 0. The molecule has 0 N–H and O–H groups in total. The van der Waals surface area contributed by atoms with E-state index < -0.39 is 0 Å². The second-order valence-electron chi connectivity index (χ2n) is 15.8. The van der Waals surface area contributed by atoms with Crippen LogP contribution in [0, 0.1) is 0 Å². The summed E-state index contributed by atoms with van der Waals surface area (Å²) in [4.78, 5) is 9.59. The monoisotopic (exact) mass is 790 g/mol. The molecule has 12 rings (SSSR count). The first kappa shape index (κ1) is 35.6. The van der Waals surface area contributed by atoms with Crippen LogP contribution in [0.1, 0.15) is 0 Å². The van der Waals surface area contributed by atoms with E-state index in [1.54, 1.807) is 0 Å². The van der Waals surface area contributed by atoms with Crippen molar-refractivity contribution in [1.82, 2.24) is 19.1 Å². The number of hydrogen-bond acceptors (Lipinski definition) is 2. The largest absolute Gasteiger partial charge is 0.309 e. The molecule has 3 aromatic heterocycles. The van der Waals surface area contributed by atoms with Crippen molar-refractivity contribution < 1.29 is 0 Å².